The molecular weight excluding hydrogens is 388 g/mol. The molecule has 0 fully saturated rings. The van der Waals surface area contributed by atoms with Crippen LogP contribution in [0.5, 0.6) is 5.75 Å². The first kappa shape index (κ1) is 22.1. The van der Waals surface area contributed by atoms with E-state index >= 15 is 0 Å². The van der Waals surface area contributed by atoms with Crippen molar-refractivity contribution in [2.24, 2.45) is 0 Å². The van der Waals surface area contributed by atoms with Gasteiger partial charge in [0.15, 0.2) is 6.61 Å². The lowest BCUT2D eigenvalue weighted by Gasteiger charge is -2.21. The summed E-state index contributed by atoms with van der Waals surface area (Å²) in [6.45, 7) is 4.31. The Bertz CT molecular complexity index is 1030. The highest BCUT2D eigenvalue weighted by Crippen LogP contribution is 2.23. The Labute approximate surface area is 183 Å². The molecule has 3 aromatic rings. The van der Waals surface area contributed by atoms with E-state index in [1.807, 2.05) is 68.4 Å². The number of hydrogen-bond acceptors (Lipinski definition) is 3. The Morgan fingerprint density at radius 3 is 2.23 bits per heavy atom. The molecule has 5 heteroatoms. The Morgan fingerprint density at radius 2 is 1.52 bits per heavy atom. The Balaban J connectivity index is 1.64. The molecule has 3 rings (SSSR count). The van der Waals surface area contributed by atoms with Crippen LogP contribution in [-0.2, 0) is 11.2 Å². The van der Waals surface area contributed by atoms with E-state index in [1.54, 1.807) is 25.2 Å². The fourth-order valence-corrected chi connectivity index (χ4v) is 3.41. The molecule has 160 valence electrons. The fourth-order valence-electron chi connectivity index (χ4n) is 3.41. The number of rotatable bonds is 8. The number of amides is 2. The lowest BCUT2D eigenvalue weighted by atomic mass is 10.1. The number of likely N-dealkylation sites (N-methyl/N-ethyl adjacent to an activating group) is 1. The molecule has 31 heavy (non-hydrogen) atoms. The number of ether oxygens (including phenoxy) is 1. The zero-order chi connectivity index (χ0) is 22.2. The quantitative estimate of drug-likeness (QED) is 0.595. The van der Waals surface area contributed by atoms with Crippen LogP contribution in [0.25, 0.3) is 0 Å². The predicted molar refractivity (Wildman–Crippen MR) is 124 cm³/mol. The number of carbonyl (C=O) groups excluding carboxylic acids is 2. The zero-order valence-corrected chi connectivity index (χ0v) is 18.2. The van der Waals surface area contributed by atoms with Crippen LogP contribution in [-0.4, -0.2) is 32.0 Å². The van der Waals surface area contributed by atoms with Gasteiger partial charge in [0.05, 0.1) is 11.3 Å². The Morgan fingerprint density at radius 1 is 0.871 bits per heavy atom. The first-order valence-corrected chi connectivity index (χ1v) is 10.3. The minimum atomic E-state index is -0.229. The molecule has 0 heterocycles. The normalized spacial score (nSPS) is 10.4. The van der Waals surface area contributed by atoms with Gasteiger partial charge in [-0.1, -0.05) is 60.7 Å². The van der Waals surface area contributed by atoms with Gasteiger partial charge in [0.2, 0.25) is 0 Å². The molecule has 0 saturated carbocycles. The molecule has 5 nitrogen and oxygen atoms in total. The van der Waals surface area contributed by atoms with Gasteiger partial charge in [-0.25, -0.2) is 0 Å². The summed E-state index contributed by atoms with van der Waals surface area (Å²) in [6.07, 6.45) is 0.743. The number of para-hydroxylation sites is 2. The number of anilines is 1. The van der Waals surface area contributed by atoms with E-state index in [0.29, 0.717) is 17.8 Å². The first-order chi connectivity index (χ1) is 15.0. The molecular formula is C26H28N2O3. The first-order valence-electron chi connectivity index (χ1n) is 10.3. The summed E-state index contributed by atoms with van der Waals surface area (Å²) < 4.78 is 5.79. The van der Waals surface area contributed by atoms with Crippen molar-refractivity contribution in [3.63, 3.8) is 0 Å². The van der Waals surface area contributed by atoms with E-state index in [4.69, 9.17) is 4.74 Å². The standard InChI is InChI=1S/C26H28N2O3/c1-19-10-9-11-20(2)25(19)31-18-24(29)28(3)23-15-8-7-14-22(23)26(30)27-17-16-21-12-5-4-6-13-21/h4-15H,16-18H2,1-3H3,(H,27,30). The Hall–Kier alpha value is -3.60. The van der Waals surface area contributed by atoms with Gasteiger partial charge >= 0.3 is 0 Å². The van der Waals surface area contributed by atoms with Crippen LogP contribution in [0.1, 0.15) is 27.0 Å². The maximum absolute atomic E-state index is 12.8. The second-order valence-electron chi connectivity index (χ2n) is 7.47. The SMILES string of the molecule is Cc1cccc(C)c1OCC(=O)N(C)c1ccccc1C(=O)NCCc1ccccc1. The summed E-state index contributed by atoms with van der Waals surface area (Å²) in [5, 5.41) is 2.95. The number of hydrogen-bond donors (Lipinski definition) is 1. The molecule has 2 amide bonds. The molecule has 0 aliphatic rings. The highest BCUT2D eigenvalue weighted by molar-refractivity contribution is 6.04. The Kier molecular flexibility index (Phi) is 7.44. The summed E-state index contributed by atoms with van der Waals surface area (Å²) in [7, 11) is 1.66. The summed E-state index contributed by atoms with van der Waals surface area (Å²) >= 11 is 0. The predicted octanol–water partition coefficient (Wildman–Crippen LogP) is 4.32. The van der Waals surface area contributed by atoms with Crippen molar-refractivity contribution in [1.82, 2.24) is 5.32 Å². The minimum absolute atomic E-state index is 0.105. The van der Waals surface area contributed by atoms with Gasteiger partial charge in [-0.05, 0) is 49.1 Å². The van der Waals surface area contributed by atoms with Gasteiger partial charge in [0.1, 0.15) is 5.75 Å². The van der Waals surface area contributed by atoms with E-state index < -0.39 is 0 Å². The van der Waals surface area contributed by atoms with Gasteiger partial charge < -0.3 is 15.0 Å². The number of nitrogens with one attached hydrogen (secondary N) is 1. The zero-order valence-electron chi connectivity index (χ0n) is 18.2. The number of carbonyl (C=O) groups is 2. The highest BCUT2D eigenvalue weighted by atomic mass is 16.5. The minimum Gasteiger partial charge on any atom is -0.483 e. The van der Waals surface area contributed by atoms with Crippen LogP contribution in [0.2, 0.25) is 0 Å². The third-order valence-corrected chi connectivity index (χ3v) is 5.17. The topological polar surface area (TPSA) is 58.6 Å². The van der Waals surface area contributed by atoms with Gasteiger partial charge in [0.25, 0.3) is 11.8 Å². The summed E-state index contributed by atoms with van der Waals surface area (Å²) in [5.74, 6) is 0.283. The van der Waals surface area contributed by atoms with Gasteiger partial charge in [-0.3, -0.25) is 9.59 Å². The monoisotopic (exact) mass is 416 g/mol. The van der Waals surface area contributed by atoms with Crippen LogP contribution >= 0.6 is 0 Å². The van der Waals surface area contributed by atoms with Crippen LogP contribution in [0.3, 0.4) is 0 Å². The van der Waals surface area contributed by atoms with Gasteiger partial charge in [-0.2, -0.15) is 0 Å². The molecule has 0 bridgehead atoms. The lowest BCUT2D eigenvalue weighted by Crippen LogP contribution is -2.34. The maximum Gasteiger partial charge on any atom is 0.264 e. The lowest BCUT2D eigenvalue weighted by molar-refractivity contribution is -0.120. The van der Waals surface area contributed by atoms with E-state index in [2.05, 4.69) is 5.32 Å². The maximum atomic E-state index is 12.8. The van der Waals surface area contributed by atoms with E-state index in [-0.39, 0.29) is 18.4 Å². The van der Waals surface area contributed by atoms with E-state index in [0.717, 1.165) is 28.9 Å². The van der Waals surface area contributed by atoms with E-state index in [9.17, 15) is 9.59 Å². The van der Waals surface area contributed by atoms with Crippen molar-refractivity contribution in [3.8, 4) is 5.75 Å². The van der Waals surface area contributed by atoms with Crippen LogP contribution in [0, 0.1) is 13.8 Å². The molecule has 0 spiro atoms. The summed E-state index contributed by atoms with van der Waals surface area (Å²) in [6, 6.07) is 22.9. The molecule has 0 saturated heterocycles. The second-order valence-corrected chi connectivity index (χ2v) is 7.47. The number of benzene rings is 3. The molecule has 0 radical (unpaired) electrons. The molecule has 0 atom stereocenters. The third kappa shape index (κ3) is 5.72. The molecule has 0 aliphatic carbocycles. The van der Waals surface area contributed by atoms with Crippen molar-refractivity contribution in [2.45, 2.75) is 20.3 Å². The smallest absolute Gasteiger partial charge is 0.264 e. The van der Waals surface area contributed by atoms with Crippen molar-refractivity contribution in [1.29, 1.82) is 0 Å². The average Bonchev–Trinajstić information content (AvgIpc) is 2.78. The largest absolute Gasteiger partial charge is 0.483 e. The fraction of sp³-hybridized carbons (Fsp3) is 0.231. The average molecular weight is 417 g/mol. The summed E-state index contributed by atoms with van der Waals surface area (Å²) in [5.41, 5.74) is 4.13. The van der Waals surface area contributed by atoms with Crippen LogP contribution < -0.4 is 15.0 Å². The molecule has 0 aliphatic heterocycles. The summed E-state index contributed by atoms with van der Waals surface area (Å²) in [4.78, 5) is 27.0. The highest BCUT2D eigenvalue weighted by Gasteiger charge is 2.19. The molecule has 0 unspecified atom stereocenters. The van der Waals surface area contributed by atoms with E-state index in [1.165, 1.54) is 4.90 Å². The molecule has 1 N–H and O–H groups in total. The van der Waals surface area contributed by atoms with Crippen molar-refractivity contribution in [2.75, 3.05) is 25.1 Å². The van der Waals surface area contributed by atoms with Crippen molar-refractivity contribution >= 4 is 17.5 Å². The third-order valence-electron chi connectivity index (χ3n) is 5.17. The van der Waals surface area contributed by atoms with Crippen molar-refractivity contribution < 1.29 is 14.3 Å². The second kappa shape index (κ2) is 10.4. The molecule has 3 aromatic carbocycles. The van der Waals surface area contributed by atoms with Crippen molar-refractivity contribution in [3.05, 3.63) is 95.1 Å². The van der Waals surface area contributed by atoms with Crippen LogP contribution in [0.4, 0.5) is 5.69 Å². The van der Waals surface area contributed by atoms with Gasteiger partial charge in [-0.15, -0.1) is 0 Å². The number of nitrogens with zero attached hydrogens (tertiary/aromatic N) is 1. The number of aryl methyl sites for hydroxylation is 2. The van der Waals surface area contributed by atoms with Gasteiger partial charge in [0, 0.05) is 13.6 Å². The molecule has 0 aromatic heterocycles. The van der Waals surface area contributed by atoms with Crippen LogP contribution in [0.15, 0.2) is 72.8 Å².